The zero-order valence-electron chi connectivity index (χ0n) is 16.2. The van der Waals surface area contributed by atoms with E-state index in [1.165, 1.54) is 12.0 Å². The molecule has 28 heavy (non-hydrogen) atoms. The number of amides is 1. The molecule has 0 bridgehead atoms. The van der Waals surface area contributed by atoms with Crippen molar-refractivity contribution in [3.05, 3.63) is 35.4 Å². The van der Waals surface area contributed by atoms with E-state index >= 15 is 0 Å². The van der Waals surface area contributed by atoms with E-state index in [1.54, 1.807) is 29.7 Å². The summed E-state index contributed by atoms with van der Waals surface area (Å²) in [4.78, 5) is 26.2. The van der Waals surface area contributed by atoms with Crippen LogP contribution < -0.4 is 9.47 Å². The molecule has 9 heteroatoms. The molecule has 0 spiro atoms. The van der Waals surface area contributed by atoms with E-state index in [0.29, 0.717) is 35.3 Å². The van der Waals surface area contributed by atoms with Gasteiger partial charge in [0.25, 0.3) is 5.91 Å². The Bertz CT molecular complexity index is 879. The molecule has 0 aliphatic carbocycles. The molecule has 0 radical (unpaired) electrons. The number of methoxy groups -OCH3 is 1. The Labute approximate surface area is 162 Å². The lowest BCUT2D eigenvalue weighted by atomic mass is 10.1. The van der Waals surface area contributed by atoms with Crippen molar-refractivity contribution in [1.29, 1.82) is 0 Å². The molecule has 2 heterocycles. The number of unbranched alkanes of at least 4 members (excludes halogenated alkanes) is 1. The van der Waals surface area contributed by atoms with Crippen LogP contribution in [0.3, 0.4) is 0 Å². The van der Waals surface area contributed by atoms with E-state index in [1.807, 2.05) is 0 Å². The third-order valence-electron chi connectivity index (χ3n) is 4.77. The topological polar surface area (TPSA) is 107 Å². The maximum Gasteiger partial charge on any atom is 0.328 e. The van der Waals surface area contributed by atoms with Crippen molar-refractivity contribution >= 4 is 11.9 Å². The summed E-state index contributed by atoms with van der Waals surface area (Å²) in [6.07, 6.45) is 1.92. The molecular formula is C19H24N4O5. The van der Waals surface area contributed by atoms with E-state index < -0.39 is 17.9 Å². The molecule has 1 N–H and O–H groups in total. The van der Waals surface area contributed by atoms with Gasteiger partial charge in [0, 0.05) is 5.56 Å². The van der Waals surface area contributed by atoms with Crippen LogP contribution in [0, 0.1) is 6.92 Å². The Kier molecular flexibility index (Phi) is 5.81. The predicted octanol–water partition coefficient (Wildman–Crippen LogP) is 1.88. The average Bonchev–Trinajstić information content (AvgIpc) is 3.06. The Hall–Kier alpha value is -3.10. The quantitative estimate of drug-likeness (QED) is 0.722. The number of nitrogens with zero attached hydrogens (tertiary/aromatic N) is 4. The van der Waals surface area contributed by atoms with Crippen LogP contribution in [0.25, 0.3) is 0 Å². The highest BCUT2D eigenvalue weighted by molar-refractivity contribution is 5.97. The first-order valence-corrected chi connectivity index (χ1v) is 9.19. The van der Waals surface area contributed by atoms with E-state index in [0.717, 1.165) is 12.8 Å². The maximum absolute atomic E-state index is 13.1. The zero-order valence-corrected chi connectivity index (χ0v) is 16.2. The minimum Gasteiger partial charge on any atom is -0.493 e. The number of hydrogen-bond donors (Lipinski definition) is 1. The third kappa shape index (κ3) is 3.78. The van der Waals surface area contributed by atoms with Crippen molar-refractivity contribution in [3.63, 3.8) is 0 Å². The van der Waals surface area contributed by atoms with Crippen molar-refractivity contribution in [3.8, 4) is 11.5 Å². The van der Waals surface area contributed by atoms with Gasteiger partial charge in [0.15, 0.2) is 17.3 Å². The van der Waals surface area contributed by atoms with Crippen LogP contribution in [0.2, 0.25) is 0 Å². The smallest absolute Gasteiger partial charge is 0.328 e. The van der Waals surface area contributed by atoms with Crippen LogP contribution in [0.4, 0.5) is 0 Å². The van der Waals surface area contributed by atoms with Crippen LogP contribution in [0.1, 0.15) is 41.8 Å². The van der Waals surface area contributed by atoms with Gasteiger partial charge in [0.2, 0.25) is 0 Å². The lowest BCUT2D eigenvalue weighted by Crippen LogP contribution is -2.50. The number of aromatic nitrogens is 3. The molecule has 3 rings (SSSR count). The minimum atomic E-state index is -1.07. The fraction of sp³-hybridized carbons (Fsp3) is 0.474. The average molecular weight is 388 g/mol. The zero-order chi connectivity index (χ0) is 20.3. The highest BCUT2D eigenvalue weighted by Gasteiger charge is 2.37. The second kappa shape index (κ2) is 8.28. The molecule has 9 nitrogen and oxygen atoms in total. The van der Waals surface area contributed by atoms with Crippen molar-refractivity contribution in [2.45, 2.75) is 45.8 Å². The largest absolute Gasteiger partial charge is 0.493 e. The molecular weight excluding hydrogens is 364 g/mol. The van der Waals surface area contributed by atoms with Gasteiger partial charge >= 0.3 is 5.97 Å². The van der Waals surface area contributed by atoms with Crippen LogP contribution in [0.15, 0.2) is 18.2 Å². The third-order valence-corrected chi connectivity index (χ3v) is 4.77. The monoisotopic (exact) mass is 388 g/mol. The Morgan fingerprint density at radius 1 is 1.29 bits per heavy atom. The number of carboxylic acids is 1. The van der Waals surface area contributed by atoms with E-state index in [9.17, 15) is 14.7 Å². The summed E-state index contributed by atoms with van der Waals surface area (Å²) >= 11 is 0. The molecule has 1 aromatic carbocycles. The van der Waals surface area contributed by atoms with Crippen LogP contribution in [0.5, 0.6) is 11.5 Å². The van der Waals surface area contributed by atoms with Gasteiger partial charge in [-0.1, -0.05) is 13.3 Å². The first kappa shape index (κ1) is 19.7. The molecule has 0 saturated carbocycles. The minimum absolute atomic E-state index is 0.0771. The van der Waals surface area contributed by atoms with Crippen LogP contribution in [-0.2, 0) is 17.9 Å². The summed E-state index contributed by atoms with van der Waals surface area (Å²) in [6, 6.07) is 3.87. The number of carboxylic acid groups (broad SMARTS) is 1. The number of aliphatic carboxylic acids is 1. The van der Waals surface area contributed by atoms with Crippen LogP contribution in [-0.4, -0.2) is 56.4 Å². The molecule has 0 saturated heterocycles. The molecule has 150 valence electrons. The van der Waals surface area contributed by atoms with Gasteiger partial charge in [0.05, 0.1) is 26.8 Å². The summed E-state index contributed by atoms with van der Waals surface area (Å²) in [5, 5.41) is 17.7. The number of carbonyl (C=O) groups is 2. The summed E-state index contributed by atoms with van der Waals surface area (Å²) in [7, 11) is 1.50. The maximum atomic E-state index is 13.1. The number of hydrogen-bond acceptors (Lipinski definition) is 6. The molecule has 0 fully saturated rings. The Balaban J connectivity index is 1.86. The number of fused-ring (bicyclic) bond motifs is 1. The van der Waals surface area contributed by atoms with Crippen LogP contribution >= 0.6 is 0 Å². The van der Waals surface area contributed by atoms with Gasteiger partial charge in [0.1, 0.15) is 11.9 Å². The fourth-order valence-corrected chi connectivity index (χ4v) is 3.15. The predicted molar refractivity (Wildman–Crippen MR) is 99.5 cm³/mol. The molecule has 1 aliphatic heterocycles. The van der Waals surface area contributed by atoms with Gasteiger partial charge < -0.3 is 24.0 Å². The van der Waals surface area contributed by atoms with Gasteiger partial charge in [-0.15, -0.1) is 10.2 Å². The Morgan fingerprint density at radius 2 is 2.07 bits per heavy atom. The van der Waals surface area contributed by atoms with E-state index in [2.05, 4.69) is 17.1 Å². The summed E-state index contributed by atoms with van der Waals surface area (Å²) in [6.45, 7) is 4.58. The van der Waals surface area contributed by atoms with E-state index in [4.69, 9.17) is 9.47 Å². The van der Waals surface area contributed by atoms with Crippen molar-refractivity contribution < 1.29 is 24.2 Å². The normalized spacial score (nSPS) is 15.8. The van der Waals surface area contributed by atoms with Crippen molar-refractivity contribution in [2.75, 3.05) is 13.7 Å². The number of carbonyl (C=O) groups excluding carboxylic acids is 1. The summed E-state index contributed by atoms with van der Waals surface area (Å²) in [5.41, 5.74) is 0.329. The lowest BCUT2D eigenvalue weighted by molar-refractivity contribution is -0.143. The fourth-order valence-electron chi connectivity index (χ4n) is 3.15. The van der Waals surface area contributed by atoms with Crippen molar-refractivity contribution in [1.82, 2.24) is 19.7 Å². The molecule has 1 aromatic heterocycles. The SMILES string of the molecule is CCCCOc1ccc(C(=O)N2Cc3nnc(C)n3CC2C(=O)O)cc1OC. The number of rotatable bonds is 7. The molecule has 1 amide bonds. The van der Waals surface area contributed by atoms with Gasteiger partial charge in [-0.2, -0.15) is 0 Å². The van der Waals surface area contributed by atoms with Crippen molar-refractivity contribution in [2.24, 2.45) is 0 Å². The first-order chi connectivity index (χ1) is 13.5. The Morgan fingerprint density at radius 3 is 2.75 bits per heavy atom. The molecule has 1 atom stereocenters. The lowest BCUT2D eigenvalue weighted by Gasteiger charge is -2.33. The molecule has 1 unspecified atom stereocenters. The highest BCUT2D eigenvalue weighted by atomic mass is 16.5. The second-order valence-corrected chi connectivity index (χ2v) is 6.63. The van der Waals surface area contributed by atoms with Gasteiger partial charge in [-0.25, -0.2) is 4.79 Å². The molecule has 2 aromatic rings. The van der Waals surface area contributed by atoms with E-state index in [-0.39, 0.29) is 13.1 Å². The number of aryl methyl sites for hydroxylation is 1. The summed E-state index contributed by atoms with van der Waals surface area (Å²) in [5.74, 6) is 0.705. The first-order valence-electron chi connectivity index (χ1n) is 9.19. The molecule has 1 aliphatic rings. The van der Waals surface area contributed by atoms with Gasteiger partial charge in [-0.05, 0) is 31.5 Å². The standard InChI is InChI=1S/C19H24N4O5/c1-4-5-8-28-15-7-6-13(9-16(15)27-3)18(24)23-11-17-21-20-12(2)22(17)10-14(23)19(25)26/h6-7,9,14H,4-5,8,10-11H2,1-3H3,(H,25,26). The highest BCUT2D eigenvalue weighted by Crippen LogP contribution is 2.30. The van der Waals surface area contributed by atoms with Gasteiger partial charge in [-0.3, -0.25) is 4.79 Å². The number of benzene rings is 1. The summed E-state index contributed by atoms with van der Waals surface area (Å²) < 4.78 is 12.8. The second-order valence-electron chi connectivity index (χ2n) is 6.63. The number of ether oxygens (including phenoxy) is 2.